The molecule has 6 heteroatoms. The molecule has 0 aliphatic carbocycles. The van der Waals surface area contributed by atoms with Gasteiger partial charge < -0.3 is 23.0 Å². The summed E-state index contributed by atoms with van der Waals surface area (Å²) >= 11 is 0. The van der Waals surface area contributed by atoms with Crippen LogP contribution >= 0.6 is 7.14 Å². The molecular weight excluding hydrogens is 1050 g/mol. The van der Waals surface area contributed by atoms with Crippen LogP contribution in [0.15, 0.2) is 308 Å². The molecule has 18 rings (SSSR count). The topological polar surface area (TPSA) is 43.3 Å². The number of anilines is 3. The molecule has 0 fully saturated rings. The van der Waals surface area contributed by atoms with Crippen molar-refractivity contribution in [2.45, 2.75) is 5.41 Å². The molecule has 0 saturated heterocycles. The van der Waals surface area contributed by atoms with Gasteiger partial charge in [-0.2, -0.15) is 0 Å². The molecule has 0 radical (unpaired) electrons. The number of hydrogen-bond acceptors (Lipinski definition) is 3. The minimum Gasteiger partial charge on any atom is -0.456 e. The maximum absolute atomic E-state index is 17.0. The number of fused-ring (bicyclic) bond motifs is 17. The Labute approximate surface area is 490 Å². The fourth-order valence-electron chi connectivity index (χ4n) is 14.8. The molecule has 0 amide bonds. The Hall–Kier alpha value is -10.7. The van der Waals surface area contributed by atoms with Gasteiger partial charge in [0.25, 0.3) is 0 Å². The number of hydrogen-bond donors (Lipinski definition) is 0. The summed E-state index contributed by atoms with van der Waals surface area (Å²) in [5.74, 6) is 0. The van der Waals surface area contributed by atoms with Crippen LogP contribution < -0.4 is 20.8 Å². The largest absolute Gasteiger partial charge is 0.456 e. The Morgan fingerprint density at radius 2 is 0.906 bits per heavy atom. The first-order valence-corrected chi connectivity index (χ1v) is 30.8. The second-order valence-corrected chi connectivity index (χ2v) is 25.3. The van der Waals surface area contributed by atoms with Crippen molar-refractivity contribution in [2.24, 2.45) is 0 Å². The highest BCUT2D eigenvalue weighted by Gasteiger charge is 2.55. The lowest BCUT2D eigenvalue weighted by molar-refractivity contribution is 0.590. The highest BCUT2D eigenvalue weighted by molar-refractivity contribution is 7.85. The first-order valence-electron chi connectivity index (χ1n) is 29.1. The van der Waals surface area contributed by atoms with Crippen LogP contribution in [0.3, 0.4) is 0 Å². The lowest BCUT2D eigenvalue weighted by Gasteiger charge is -2.50. The van der Waals surface area contributed by atoms with E-state index in [4.69, 9.17) is 4.42 Å². The van der Waals surface area contributed by atoms with E-state index in [-0.39, 0.29) is 0 Å². The molecule has 0 bridgehead atoms. The van der Waals surface area contributed by atoms with E-state index >= 15 is 4.57 Å². The third-order valence-electron chi connectivity index (χ3n) is 18.3. The van der Waals surface area contributed by atoms with Crippen molar-refractivity contribution in [1.29, 1.82) is 0 Å². The Bertz CT molecular complexity index is 5480. The van der Waals surface area contributed by atoms with Crippen LogP contribution in [0.5, 0.6) is 0 Å². The highest BCUT2D eigenvalue weighted by Crippen LogP contribution is 2.64. The molecule has 2 atom stereocenters. The summed E-state index contributed by atoms with van der Waals surface area (Å²) in [5.41, 5.74) is 19.4. The highest BCUT2D eigenvalue weighted by atomic mass is 31.2. The lowest BCUT2D eigenvalue weighted by Crippen LogP contribution is -2.49. The summed E-state index contributed by atoms with van der Waals surface area (Å²) in [6, 6.07) is 109. The van der Waals surface area contributed by atoms with Crippen LogP contribution in [-0.4, -0.2) is 9.13 Å². The molecule has 1 spiro atoms. The van der Waals surface area contributed by atoms with Gasteiger partial charge in [0.15, 0.2) is 7.14 Å². The van der Waals surface area contributed by atoms with Gasteiger partial charge in [0.1, 0.15) is 11.2 Å². The molecule has 16 aromatic rings. The van der Waals surface area contributed by atoms with Crippen LogP contribution in [-0.2, 0) is 9.98 Å². The van der Waals surface area contributed by atoms with Crippen molar-refractivity contribution in [3.05, 3.63) is 326 Å². The zero-order valence-electron chi connectivity index (χ0n) is 46.0. The van der Waals surface area contributed by atoms with E-state index in [9.17, 15) is 0 Å². The maximum atomic E-state index is 17.0. The molecule has 2 aliphatic heterocycles. The predicted molar refractivity (Wildman–Crippen MR) is 353 cm³/mol. The summed E-state index contributed by atoms with van der Waals surface area (Å²) < 4.78 is 28.6. The van der Waals surface area contributed by atoms with E-state index in [1.807, 2.05) is 42.5 Å². The molecule has 0 N–H and O–H groups in total. The minimum absolute atomic E-state index is 0.722. The Kier molecular flexibility index (Phi) is 10.2. The number of rotatable bonds is 6. The van der Waals surface area contributed by atoms with Crippen molar-refractivity contribution in [1.82, 2.24) is 9.13 Å². The number of nitrogens with zero attached hydrogens (tertiary/aromatic N) is 3. The third-order valence-corrected chi connectivity index (χ3v) is 21.5. The molecule has 3 aromatic heterocycles. The van der Waals surface area contributed by atoms with Gasteiger partial charge in [-0.15, -0.1) is 0 Å². The number of benzene rings is 13. The zero-order valence-corrected chi connectivity index (χ0v) is 46.9. The SMILES string of the molecule is O=P1(c2ccccc2)c2ccccc2C2(c3ccccc3N(c3ccccc3)c3cc(-c4cccc(-n5c6ccccc6c6cccc(-c7ccc8c(c7)c7ccccc7n8-c7ccccc7)c65)c4)ccc32)c2cc3c(cc21)oc1ccccc13. The Morgan fingerprint density at radius 3 is 1.72 bits per heavy atom. The second kappa shape index (κ2) is 18.1. The predicted octanol–water partition coefficient (Wildman–Crippen LogP) is 19.2. The average molecular weight is 1100 g/mol. The van der Waals surface area contributed by atoms with Crippen molar-refractivity contribution in [2.75, 3.05) is 4.90 Å². The van der Waals surface area contributed by atoms with Crippen molar-refractivity contribution >= 4 is 106 Å². The van der Waals surface area contributed by atoms with Gasteiger partial charge in [0, 0.05) is 70.9 Å². The van der Waals surface area contributed by atoms with Crippen LogP contribution in [0, 0.1) is 0 Å². The fraction of sp³-hybridized carbons (Fsp3) is 0.0127. The summed E-state index contributed by atoms with van der Waals surface area (Å²) in [7, 11) is -3.54. The molecular formula is C79H50N3O2P. The van der Waals surface area contributed by atoms with E-state index < -0.39 is 12.6 Å². The molecule has 398 valence electrons. The summed E-state index contributed by atoms with van der Waals surface area (Å²) in [6.45, 7) is 0. The quantitative estimate of drug-likeness (QED) is 0.156. The first-order chi connectivity index (χ1) is 42.1. The normalized spacial score (nSPS) is 16.1. The van der Waals surface area contributed by atoms with Gasteiger partial charge in [-0.1, -0.05) is 212 Å². The van der Waals surface area contributed by atoms with Gasteiger partial charge >= 0.3 is 0 Å². The summed E-state index contributed by atoms with van der Waals surface area (Å²) in [4.78, 5) is 2.44. The van der Waals surface area contributed by atoms with Gasteiger partial charge in [0.05, 0.1) is 38.9 Å². The molecule has 13 aromatic carbocycles. The van der Waals surface area contributed by atoms with Gasteiger partial charge in [-0.3, -0.25) is 0 Å². The first kappa shape index (κ1) is 47.9. The summed E-state index contributed by atoms with van der Waals surface area (Å²) in [6.07, 6.45) is 0. The van der Waals surface area contributed by atoms with Crippen LogP contribution in [0.2, 0.25) is 0 Å². The average Bonchev–Trinajstić information content (AvgIpc) is 2.24. The van der Waals surface area contributed by atoms with Gasteiger partial charge in [-0.05, 0) is 130 Å². The van der Waals surface area contributed by atoms with Gasteiger partial charge in [0.2, 0.25) is 0 Å². The van der Waals surface area contributed by atoms with Crippen LogP contribution in [0.4, 0.5) is 17.1 Å². The molecule has 5 heterocycles. The monoisotopic (exact) mass is 1100 g/mol. The standard InChI is InChI=1S/C79H50N3O2P/c83-85(57-28-8-3-9-29-57)76-41-19-14-36-67(76)79(68-49-64-61-32-12-18-40-74(61)84-75(64)50-77(68)85)65-35-13-17-39-72(65)81(55-25-6-2-7-26-55)73-48-52(42-44-66(73)79)51-22-20-27-56(46-51)82-70-38-16-10-30-59(70)62-34-21-33-58(78(62)82)53-43-45-71-63(47-53)60-31-11-15-37-69(60)80(71)54-23-4-1-5-24-54/h1-50H. The second-order valence-electron chi connectivity index (χ2n) is 22.6. The van der Waals surface area contributed by atoms with Crippen molar-refractivity contribution in [3.8, 4) is 33.6 Å². The van der Waals surface area contributed by atoms with Crippen molar-refractivity contribution < 1.29 is 8.98 Å². The van der Waals surface area contributed by atoms with Crippen LogP contribution in [0.25, 0.3) is 99.2 Å². The third kappa shape index (κ3) is 6.67. The fourth-order valence-corrected chi connectivity index (χ4v) is 18.0. The molecule has 2 unspecified atom stereocenters. The van der Waals surface area contributed by atoms with E-state index in [0.29, 0.717) is 0 Å². The van der Waals surface area contributed by atoms with Gasteiger partial charge in [-0.25, -0.2) is 0 Å². The molecule has 5 nitrogen and oxygen atoms in total. The number of para-hydroxylation sites is 7. The smallest absolute Gasteiger partial charge is 0.171 e. The maximum Gasteiger partial charge on any atom is 0.171 e. The Balaban J connectivity index is 0.873. The zero-order chi connectivity index (χ0) is 56.0. The molecule has 85 heavy (non-hydrogen) atoms. The Morgan fingerprint density at radius 1 is 0.318 bits per heavy atom. The van der Waals surface area contributed by atoms with E-state index in [2.05, 4.69) is 275 Å². The molecule has 0 saturated carbocycles. The minimum atomic E-state index is -3.54. The van der Waals surface area contributed by atoms with E-state index in [1.165, 1.54) is 38.1 Å². The van der Waals surface area contributed by atoms with Crippen molar-refractivity contribution in [3.63, 3.8) is 0 Å². The van der Waals surface area contributed by atoms with E-state index in [1.54, 1.807) is 0 Å². The lowest BCUT2D eigenvalue weighted by atomic mass is 9.61. The number of aromatic nitrogens is 2. The van der Waals surface area contributed by atoms with E-state index in [0.717, 1.165) is 116 Å². The van der Waals surface area contributed by atoms with Crippen LogP contribution in [0.1, 0.15) is 22.3 Å². The summed E-state index contributed by atoms with van der Waals surface area (Å²) in [5, 5.41) is 9.28. The molecule has 2 aliphatic rings. The number of furan rings is 1.